The molecular weight excluding hydrogens is 266 g/mol. The predicted molar refractivity (Wildman–Crippen MR) is 58.5 cm³/mol. The van der Waals surface area contributed by atoms with Gasteiger partial charge in [-0.3, -0.25) is 0 Å². The summed E-state index contributed by atoms with van der Waals surface area (Å²) in [6.45, 7) is 0. The van der Waals surface area contributed by atoms with Crippen LogP contribution in [0.1, 0.15) is 12.2 Å². The molecule has 2 rings (SSSR count). The van der Waals surface area contributed by atoms with E-state index in [1.807, 2.05) is 0 Å². The van der Waals surface area contributed by atoms with Crippen LogP contribution in [0, 0.1) is 5.82 Å². The molecule has 2 N–H and O–H groups in total. The van der Waals surface area contributed by atoms with Crippen LogP contribution in [-0.4, -0.2) is 16.3 Å². The molecule has 2 aromatic rings. The average Bonchev–Trinajstić information content (AvgIpc) is 2.74. The highest BCUT2D eigenvalue weighted by Gasteiger charge is 2.28. The third-order valence-electron chi connectivity index (χ3n) is 2.36. The number of hydrogen-bond donors (Lipinski definition) is 1. The Kier molecular flexibility index (Phi) is 3.41. The van der Waals surface area contributed by atoms with Gasteiger partial charge in [-0.25, -0.2) is 4.39 Å². The maximum atomic E-state index is 13.5. The minimum Gasteiger partial charge on any atom is -0.398 e. The molecule has 1 heterocycles. The van der Waals surface area contributed by atoms with E-state index in [9.17, 15) is 17.6 Å². The Labute approximate surface area is 105 Å². The van der Waals surface area contributed by atoms with Crippen molar-refractivity contribution in [2.75, 3.05) is 5.73 Å². The van der Waals surface area contributed by atoms with Gasteiger partial charge in [0, 0.05) is 12.1 Å². The molecule has 0 aliphatic carbocycles. The summed E-state index contributed by atoms with van der Waals surface area (Å²) in [4.78, 5) is 3.71. The number of benzene rings is 1. The van der Waals surface area contributed by atoms with Crippen molar-refractivity contribution in [3.8, 4) is 11.5 Å². The van der Waals surface area contributed by atoms with Gasteiger partial charge in [0.05, 0.1) is 12.0 Å². The fourth-order valence-electron chi connectivity index (χ4n) is 1.48. The molecular formula is C11H9F4N3O. The lowest BCUT2D eigenvalue weighted by atomic mass is 10.1. The van der Waals surface area contributed by atoms with Crippen molar-refractivity contribution in [2.45, 2.75) is 19.0 Å². The molecule has 0 spiro atoms. The average molecular weight is 275 g/mol. The maximum absolute atomic E-state index is 13.5. The van der Waals surface area contributed by atoms with Crippen LogP contribution in [0.25, 0.3) is 11.5 Å². The Morgan fingerprint density at radius 1 is 1.26 bits per heavy atom. The molecule has 102 valence electrons. The highest BCUT2D eigenvalue weighted by atomic mass is 19.4. The fraction of sp³-hybridized carbons (Fsp3) is 0.273. The Balaban J connectivity index is 2.22. The number of aryl methyl sites for hydroxylation is 1. The number of anilines is 1. The van der Waals surface area contributed by atoms with Gasteiger partial charge in [0.2, 0.25) is 0 Å². The van der Waals surface area contributed by atoms with E-state index in [1.165, 1.54) is 12.1 Å². The second kappa shape index (κ2) is 4.87. The lowest BCUT2D eigenvalue weighted by Gasteiger charge is -2.02. The molecule has 0 unspecified atom stereocenters. The van der Waals surface area contributed by atoms with Gasteiger partial charge in [0.1, 0.15) is 5.82 Å². The quantitative estimate of drug-likeness (QED) is 0.691. The smallest absolute Gasteiger partial charge is 0.389 e. The van der Waals surface area contributed by atoms with Crippen LogP contribution in [-0.2, 0) is 6.42 Å². The van der Waals surface area contributed by atoms with Crippen LogP contribution >= 0.6 is 0 Å². The summed E-state index contributed by atoms with van der Waals surface area (Å²) in [7, 11) is 0. The van der Waals surface area contributed by atoms with Crippen LogP contribution in [0.4, 0.5) is 23.2 Å². The van der Waals surface area contributed by atoms with Crippen molar-refractivity contribution < 1.29 is 22.1 Å². The van der Waals surface area contributed by atoms with Crippen LogP contribution in [0.5, 0.6) is 0 Å². The van der Waals surface area contributed by atoms with E-state index < -0.39 is 24.8 Å². The van der Waals surface area contributed by atoms with Crippen LogP contribution in [0.2, 0.25) is 0 Å². The summed E-state index contributed by atoms with van der Waals surface area (Å²) in [6.07, 6.45) is -5.81. The molecule has 0 radical (unpaired) electrons. The predicted octanol–water partition coefficient (Wildman–Crippen LogP) is 2.95. The maximum Gasteiger partial charge on any atom is 0.389 e. The molecule has 0 bridgehead atoms. The Morgan fingerprint density at radius 2 is 2.00 bits per heavy atom. The molecule has 0 fully saturated rings. The number of rotatable bonds is 3. The van der Waals surface area contributed by atoms with Crippen molar-refractivity contribution in [3.05, 3.63) is 29.8 Å². The molecule has 0 amide bonds. The van der Waals surface area contributed by atoms with E-state index in [4.69, 9.17) is 10.3 Å². The first kappa shape index (κ1) is 13.3. The first-order valence-electron chi connectivity index (χ1n) is 5.30. The van der Waals surface area contributed by atoms with Gasteiger partial charge in [-0.1, -0.05) is 11.2 Å². The van der Waals surface area contributed by atoms with Gasteiger partial charge in [-0.15, -0.1) is 0 Å². The summed E-state index contributed by atoms with van der Waals surface area (Å²) >= 11 is 0. The second-order valence-electron chi connectivity index (χ2n) is 3.83. The minimum absolute atomic E-state index is 0.0750. The highest BCUT2D eigenvalue weighted by molar-refractivity contribution is 5.70. The van der Waals surface area contributed by atoms with Crippen molar-refractivity contribution >= 4 is 5.69 Å². The fourth-order valence-corrected chi connectivity index (χ4v) is 1.48. The lowest BCUT2D eigenvalue weighted by Crippen LogP contribution is -2.09. The standard InChI is InChI=1S/C11H9F4N3O/c12-6-2-1-3-7(16)9(6)10-17-8(18-19-10)4-5-11(13,14)15/h1-3H,4-5,16H2. The van der Waals surface area contributed by atoms with Gasteiger partial charge < -0.3 is 10.3 Å². The topological polar surface area (TPSA) is 64.9 Å². The Morgan fingerprint density at radius 3 is 2.63 bits per heavy atom. The number of hydrogen-bond acceptors (Lipinski definition) is 4. The zero-order chi connectivity index (χ0) is 14.0. The SMILES string of the molecule is Nc1cccc(F)c1-c1nc(CCC(F)(F)F)no1. The molecule has 0 aliphatic rings. The molecule has 0 aliphatic heterocycles. The molecule has 0 saturated carbocycles. The zero-order valence-corrected chi connectivity index (χ0v) is 9.54. The molecule has 0 atom stereocenters. The molecule has 8 heteroatoms. The molecule has 1 aromatic heterocycles. The van der Waals surface area contributed by atoms with E-state index in [0.717, 1.165) is 6.07 Å². The van der Waals surface area contributed by atoms with Crippen molar-refractivity contribution in [1.29, 1.82) is 0 Å². The van der Waals surface area contributed by atoms with Gasteiger partial charge in [0.15, 0.2) is 5.82 Å². The minimum atomic E-state index is -4.31. The summed E-state index contributed by atoms with van der Waals surface area (Å²) in [5, 5.41) is 3.37. The zero-order valence-electron chi connectivity index (χ0n) is 9.54. The number of aromatic nitrogens is 2. The van der Waals surface area contributed by atoms with E-state index >= 15 is 0 Å². The van der Waals surface area contributed by atoms with Gasteiger partial charge in [0.25, 0.3) is 5.89 Å². The third-order valence-corrected chi connectivity index (χ3v) is 2.36. The van der Waals surface area contributed by atoms with Gasteiger partial charge in [-0.05, 0) is 12.1 Å². The molecule has 4 nitrogen and oxygen atoms in total. The van der Waals surface area contributed by atoms with Crippen molar-refractivity contribution in [3.63, 3.8) is 0 Å². The van der Waals surface area contributed by atoms with Crippen LogP contribution < -0.4 is 5.73 Å². The first-order chi connectivity index (χ1) is 8.87. The van der Waals surface area contributed by atoms with E-state index in [2.05, 4.69) is 10.1 Å². The monoisotopic (exact) mass is 275 g/mol. The number of nitrogen functional groups attached to an aromatic ring is 1. The second-order valence-corrected chi connectivity index (χ2v) is 3.83. The molecule has 19 heavy (non-hydrogen) atoms. The highest BCUT2D eigenvalue weighted by Crippen LogP contribution is 2.28. The first-order valence-corrected chi connectivity index (χ1v) is 5.30. The van der Waals surface area contributed by atoms with Crippen LogP contribution in [0.15, 0.2) is 22.7 Å². The van der Waals surface area contributed by atoms with E-state index in [0.29, 0.717) is 0 Å². The largest absolute Gasteiger partial charge is 0.398 e. The van der Waals surface area contributed by atoms with E-state index in [-0.39, 0.29) is 23.0 Å². The summed E-state index contributed by atoms with van der Waals surface area (Å²) in [5.74, 6) is -1.05. The summed E-state index contributed by atoms with van der Waals surface area (Å²) < 4.78 is 54.4. The summed E-state index contributed by atoms with van der Waals surface area (Å²) in [6, 6.07) is 3.97. The number of nitrogens with two attached hydrogens (primary N) is 1. The molecule has 1 aromatic carbocycles. The normalized spacial score (nSPS) is 11.8. The number of nitrogens with zero attached hydrogens (tertiary/aromatic N) is 2. The van der Waals surface area contributed by atoms with Crippen LogP contribution in [0.3, 0.4) is 0 Å². The molecule has 0 saturated heterocycles. The Bertz CT molecular complexity index is 559. The Hall–Kier alpha value is -2.12. The number of halogens is 4. The number of alkyl halides is 3. The summed E-state index contributed by atoms with van der Waals surface area (Å²) in [5.41, 5.74) is 5.53. The van der Waals surface area contributed by atoms with E-state index in [1.54, 1.807) is 0 Å². The van der Waals surface area contributed by atoms with Crippen molar-refractivity contribution in [1.82, 2.24) is 10.1 Å². The third kappa shape index (κ3) is 3.21. The van der Waals surface area contributed by atoms with Gasteiger partial charge >= 0.3 is 6.18 Å². The van der Waals surface area contributed by atoms with Gasteiger partial charge in [-0.2, -0.15) is 18.2 Å². The van der Waals surface area contributed by atoms with Crippen molar-refractivity contribution in [2.24, 2.45) is 0 Å². The lowest BCUT2D eigenvalue weighted by molar-refractivity contribution is -0.134.